The first kappa shape index (κ1) is 16.7. The first-order chi connectivity index (χ1) is 12.2. The molecule has 0 spiro atoms. The van der Waals surface area contributed by atoms with Crippen LogP contribution in [0.4, 0.5) is 17.2 Å². The zero-order chi connectivity index (χ0) is 17.6. The van der Waals surface area contributed by atoms with Crippen molar-refractivity contribution in [2.75, 3.05) is 17.7 Å². The van der Waals surface area contributed by atoms with Crippen molar-refractivity contribution < 1.29 is 9.53 Å². The third kappa shape index (κ3) is 4.24. The number of carbonyl (C=O) groups is 1. The second-order valence-electron chi connectivity index (χ2n) is 5.08. The highest BCUT2D eigenvalue weighted by Gasteiger charge is 2.12. The number of carbonyl (C=O) groups excluding carboxylic acids is 1. The van der Waals surface area contributed by atoms with Gasteiger partial charge in [-0.15, -0.1) is 0 Å². The Morgan fingerprint density at radius 3 is 2.64 bits per heavy atom. The average molecular weight is 355 g/mol. The van der Waals surface area contributed by atoms with Crippen molar-refractivity contribution in [3.05, 3.63) is 71.6 Å². The summed E-state index contributed by atoms with van der Waals surface area (Å²) in [6.07, 6.45) is 1.33. The molecule has 1 amide bonds. The Kier molecular flexibility index (Phi) is 5.11. The van der Waals surface area contributed by atoms with Crippen molar-refractivity contribution in [3.63, 3.8) is 0 Å². The third-order valence-electron chi connectivity index (χ3n) is 3.36. The molecule has 7 heteroatoms. The van der Waals surface area contributed by atoms with E-state index in [-0.39, 0.29) is 11.6 Å². The summed E-state index contributed by atoms with van der Waals surface area (Å²) in [6.45, 7) is 0. The monoisotopic (exact) mass is 354 g/mol. The van der Waals surface area contributed by atoms with Gasteiger partial charge >= 0.3 is 0 Å². The topological polar surface area (TPSA) is 76.1 Å². The van der Waals surface area contributed by atoms with Crippen LogP contribution in [0, 0.1) is 0 Å². The third-order valence-corrected chi connectivity index (χ3v) is 3.59. The summed E-state index contributed by atoms with van der Waals surface area (Å²) in [4.78, 5) is 20.6. The molecule has 0 aliphatic rings. The Morgan fingerprint density at radius 1 is 1.08 bits per heavy atom. The van der Waals surface area contributed by atoms with Crippen LogP contribution in [0.2, 0.25) is 5.02 Å². The maximum absolute atomic E-state index is 12.5. The van der Waals surface area contributed by atoms with Crippen molar-refractivity contribution in [3.8, 4) is 5.75 Å². The summed E-state index contributed by atoms with van der Waals surface area (Å²) in [5.41, 5.74) is 1.55. The van der Waals surface area contributed by atoms with Gasteiger partial charge in [0.25, 0.3) is 5.91 Å². The number of aromatic nitrogens is 2. The Bertz CT molecular complexity index is 887. The molecule has 0 radical (unpaired) electrons. The van der Waals surface area contributed by atoms with E-state index in [1.165, 1.54) is 13.4 Å². The molecule has 0 aliphatic carbocycles. The highest BCUT2D eigenvalue weighted by atomic mass is 35.5. The quantitative estimate of drug-likeness (QED) is 0.720. The smallest absolute Gasteiger partial charge is 0.274 e. The number of anilines is 3. The summed E-state index contributed by atoms with van der Waals surface area (Å²) < 4.78 is 5.22. The lowest BCUT2D eigenvalue weighted by Gasteiger charge is -2.11. The molecule has 6 nitrogen and oxygen atoms in total. The molecule has 2 N–H and O–H groups in total. The number of rotatable bonds is 5. The van der Waals surface area contributed by atoms with Gasteiger partial charge in [-0.05, 0) is 30.3 Å². The summed E-state index contributed by atoms with van der Waals surface area (Å²) in [7, 11) is 1.52. The molecular weight excluding hydrogens is 340 g/mol. The minimum Gasteiger partial charge on any atom is -0.495 e. The fourth-order valence-corrected chi connectivity index (χ4v) is 2.36. The highest BCUT2D eigenvalue weighted by Crippen LogP contribution is 2.28. The van der Waals surface area contributed by atoms with Gasteiger partial charge in [0.2, 0.25) is 0 Å². The zero-order valence-corrected chi connectivity index (χ0v) is 14.1. The molecule has 1 heterocycles. The van der Waals surface area contributed by atoms with Crippen LogP contribution in [0.5, 0.6) is 5.75 Å². The van der Waals surface area contributed by atoms with E-state index >= 15 is 0 Å². The van der Waals surface area contributed by atoms with Gasteiger partial charge < -0.3 is 15.4 Å². The van der Waals surface area contributed by atoms with Gasteiger partial charge in [0.05, 0.1) is 12.8 Å². The van der Waals surface area contributed by atoms with Gasteiger partial charge in [0.15, 0.2) is 0 Å². The van der Waals surface area contributed by atoms with Crippen LogP contribution in [0.25, 0.3) is 0 Å². The molecule has 0 saturated carbocycles. The standard InChI is InChI=1S/C18H15ClN4O2/c1-25-16-8-7-12(19)9-14(16)23-18(24)15-10-17(21-11-20-15)22-13-5-3-2-4-6-13/h2-11H,1H3,(H,23,24)(H,20,21,22). The number of hydrogen-bond donors (Lipinski definition) is 2. The van der Waals surface area contributed by atoms with Crippen molar-refractivity contribution >= 4 is 34.7 Å². The van der Waals surface area contributed by atoms with Gasteiger partial charge in [-0.1, -0.05) is 29.8 Å². The van der Waals surface area contributed by atoms with E-state index in [0.717, 1.165) is 5.69 Å². The van der Waals surface area contributed by atoms with Crippen LogP contribution in [-0.4, -0.2) is 23.0 Å². The first-order valence-corrected chi connectivity index (χ1v) is 7.82. The van der Waals surface area contributed by atoms with Gasteiger partial charge in [-0.2, -0.15) is 0 Å². The van der Waals surface area contributed by atoms with E-state index in [1.54, 1.807) is 24.3 Å². The lowest BCUT2D eigenvalue weighted by Crippen LogP contribution is -2.15. The van der Waals surface area contributed by atoms with E-state index in [9.17, 15) is 4.79 Å². The van der Waals surface area contributed by atoms with Crippen LogP contribution in [0.1, 0.15) is 10.5 Å². The lowest BCUT2D eigenvalue weighted by atomic mass is 10.2. The number of amides is 1. The Balaban J connectivity index is 1.79. The largest absolute Gasteiger partial charge is 0.495 e. The van der Waals surface area contributed by atoms with Crippen LogP contribution in [0.3, 0.4) is 0 Å². The SMILES string of the molecule is COc1ccc(Cl)cc1NC(=O)c1cc(Nc2ccccc2)ncn1. The van der Waals surface area contributed by atoms with Crippen molar-refractivity contribution in [1.82, 2.24) is 9.97 Å². The number of para-hydroxylation sites is 1. The molecule has 0 saturated heterocycles. The summed E-state index contributed by atoms with van der Waals surface area (Å²) in [5.74, 6) is 0.637. The number of halogens is 1. The molecule has 0 aliphatic heterocycles. The van der Waals surface area contributed by atoms with Gasteiger partial charge in [0, 0.05) is 16.8 Å². The van der Waals surface area contributed by atoms with Crippen molar-refractivity contribution in [2.24, 2.45) is 0 Å². The molecular formula is C18H15ClN4O2. The summed E-state index contributed by atoms with van der Waals surface area (Å²) >= 11 is 5.98. The maximum atomic E-state index is 12.5. The molecule has 2 aromatic carbocycles. The predicted molar refractivity (Wildman–Crippen MR) is 97.7 cm³/mol. The average Bonchev–Trinajstić information content (AvgIpc) is 2.63. The van der Waals surface area contributed by atoms with E-state index in [4.69, 9.17) is 16.3 Å². The lowest BCUT2D eigenvalue weighted by molar-refractivity contribution is 0.102. The van der Waals surface area contributed by atoms with E-state index < -0.39 is 0 Å². The molecule has 0 fully saturated rings. The van der Waals surface area contributed by atoms with Gasteiger partial charge in [0.1, 0.15) is 23.6 Å². The minimum absolute atomic E-state index is 0.218. The maximum Gasteiger partial charge on any atom is 0.274 e. The van der Waals surface area contributed by atoms with Crippen molar-refractivity contribution in [2.45, 2.75) is 0 Å². The number of nitrogens with zero attached hydrogens (tertiary/aromatic N) is 2. The number of ether oxygens (including phenoxy) is 1. The second-order valence-corrected chi connectivity index (χ2v) is 5.51. The van der Waals surface area contributed by atoms with Crippen LogP contribution >= 0.6 is 11.6 Å². The fraction of sp³-hybridized carbons (Fsp3) is 0.0556. The second kappa shape index (κ2) is 7.63. The number of nitrogens with one attached hydrogen (secondary N) is 2. The van der Waals surface area contributed by atoms with Gasteiger partial charge in [-0.25, -0.2) is 9.97 Å². The Hall–Kier alpha value is -3.12. The molecule has 0 atom stereocenters. The van der Waals surface area contributed by atoms with E-state index in [2.05, 4.69) is 20.6 Å². The molecule has 1 aromatic heterocycles. The van der Waals surface area contributed by atoms with E-state index in [0.29, 0.717) is 22.3 Å². The van der Waals surface area contributed by atoms with Crippen molar-refractivity contribution in [1.29, 1.82) is 0 Å². The number of methoxy groups -OCH3 is 1. The van der Waals surface area contributed by atoms with Gasteiger partial charge in [-0.3, -0.25) is 4.79 Å². The summed E-state index contributed by atoms with van der Waals surface area (Å²) in [6, 6.07) is 16.1. The molecule has 0 unspecified atom stereocenters. The molecule has 25 heavy (non-hydrogen) atoms. The Labute approximate surface area is 149 Å². The molecule has 0 bridgehead atoms. The fourth-order valence-electron chi connectivity index (χ4n) is 2.18. The molecule has 126 valence electrons. The van der Waals surface area contributed by atoms with Crippen LogP contribution < -0.4 is 15.4 Å². The van der Waals surface area contributed by atoms with Crippen LogP contribution in [0.15, 0.2) is 60.9 Å². The predicted octanol–water partition coefficient (Wildman–Crippen LogP) is 4.13. The highest BCUT2D eigenvalue weighted by molar-refractivity contribution is 6.31. The number of benzene rings is 2. The molecule has 3 rings (SSSR count). The first-order valence-electron chi connectivity index (χ1n) is 7.45. The van der Waals surface area contributed by atoms with E-state index in [1.807, 2.05) is 30.3 Å². The Morgan fingerprint density at radius 2 is 1.88 bits per heavy atom. The molecule has 3 aromatic rings. The summed E-state index contributed by atoms with van der Waals surface area (Å²) in [5, 5.41) is 6.35. The minimum atomic E-state index is -0.390. The van der Waals surface area contributed by atoms with Crippen LogP contribution in [-0.2, 0) is 0 Å². The zero-order valence-electron chi connectivity index (χ0n) is 13.4. The number of hydrogen-bond acceptors (Lipinski definition) is 5. The normalized spacial score (nSPS) is 10.2.